The van der Waals surface area contributed by atoms with Crippen molar-refractivity contribution in [3.8, 4) is 5.75 Å². The van der Waals surface area contributed by atoms with Gasteiger partial charge in [0.1, 0.15) is 5.75 Å². The monoisotopic (exact) mass is 343 g/mol. The van der Waals surface area contributed by atoms with Crippen LogP contribution in [-0.4, -0.2) is 24.7 Å². The molecule has 0 aromatic heterocycles. The third-order valence-electron chi connectivity index (χ3n) is 3.84. The molecular formula is C15H22BrNO3. The van der Waals surface area contributed by atoms with Gasteiger partial charge in [0, 0.05) is 23.1 Å². The molecule has 112 valence electrons. The number of carbonyl (C=O) groups is 1. The fraction of sp³-hybridized carbons (Fsp3) is 0.533. The van der Waals surface area contributed by atoms with Gasteiger partial charge >= 0.3 is 5.97 Å². The summed E-state index contributed by atoms with van der Waals surface area (Å²) in [5.41, 5.74) is 0.324. The number of hydrogen-bond donors (Lipinski definition) is 2. The molecule has 2 N–H and O–H groups in total. The summed E-state index contributed by atoms with van der Waals surface area (Å²) in [6, 6.07) is 5.82. The molecule has 0 saturated heterocycles. The second kappa shape index (κ2) is 7.64. The predicted octanol–water partition coefficient (Wildman–Crippen LogP) is 3.44. The Labute approximate surface area is 128 Å². The Morgan fingerprint density at radius 2 is 2.05 bits per heavy atom. The fourth-order valence-corrected chi connectivity index (χ4v) is 2.52. The smallest absolute Gasteiger partial charge is 0.310 e. The molecule has 4 nitrogen and oxygen atoms in total. The van der Waals surface area contributed by atoms with Crippen LogP contribution in [0, 0.1) is 5.41 Å². The first-order valence-corrected chi connectivity index (χ1v) is 7.55. The van der Waals surface area contributed by atoms with Crippen molar-refractivity contribution in [1.82, 2.24) is 5.32 Å². The molecular weight excluding hydrogens is 322 g/mol. The van der Waals surface area contributed by atoms with Crippen molar-refractivity contribution in [2.75, 3.05) is 13.7 Å². The quantitative estimate of drug-likeness (QED) is 0.759. The van der Waals surface area contributed by atoms with Gasteiger partial charge in [0.25, 0.3) is 0 Å². The van der Waals surface area contributed by atoms with Gasteiger partial charge in [-0.05, 0) is 25.0 Å². The highest BCUT2D eigenvalue weighted by Gasteiger charge is 2.34. The average Bonchev–Trinajstić information content (AvgIpc) is 2.44. The number of rotatable bonds is 8. The summed E-state index contributed by atoms with van der Waals surface area (Å²) >= 11 is 3.40. The lowest BCUT2D eigenvalue weighted by atomic mass is 9.82. The molecule has 0 atom stereocenters. The molecule has 0 saturated carbocycles. The molecule has 5 heteroatoms. The number of ether oxygens (including phenoxy) is 1. The van der Waals surface area contributed by atoms with Crippen molar-refractivity contribution in [3.05, 3.63) is 28.2 Å². The summed E-state index contributed by atoms with van der Waals surface area (Å²) in [4.78, 5) is 11.4. The molecule has 1 aromatic rings. The topological polar surface area (TPSA) is 58.6 Å². The zero-order valence-corrected chi connectivity index (χ0v) is 13.8. The van der Waals surface area contributed by atoms with E-state index in [0.717, 1.165) is 15.8 Å². The number of methoxy groups -OCH3 is 1. The minimum atomic E-state index is -0.738. The van der Waals surface area contributed by atoms with Gasteiger partial charge in [-0.1, -0.05) is 35.8 Å². The van der Waals surface area contributed by atoms with Gasteiger partial charge in [-0.25, -0.2) is 0 Å². The van der Waals surface area contributed by atoms with E-state index in [1.807, 2.05) is 32.0 Å². The highest BCUT2D eigenvalue weighted by atomic mass is 79.9. The van der Waals surface area contributed by atoms with E-state index in [-0.39, 0.29) is 0 Å². The van der Waals surface area contributed by atoms with Crippen molar-refractivity contribution in [2.24, 2.45) is 5.41 Å². The molecule has 0 heterocycles. The summed E-state index contributed by atoms with van der Waals surface area (Å²) in [6.07, 6.45) is 1.23. The van der Waals surface area contributed by atoms with E-state index in [1.165, 1.54) is 0 Å². The summed E-state index contributed by atoms with van der Waals surface area (Å²) in [6.45, 7) is 4.87. The molecule has 1 rings (SSSR count). The number of nitrogens with one attached hydrogen (secondary N) is 1. The molecule has 0 aliphatic carbocycles. The Balaban J connectivity index is 2.70. The van der Waals surface area contributed by atoms with E-state index < -0.39 is 11.4 Å². The molecule has 0 fully saturated rings. The third-order valence-corrected chi connectivity index (χ3v) is 4.33. The Bertz CT molecular complexity index is 458. The molecule has 0 aliphatic rings. The Hall–Kier alpha value is -1.07. The number of halogens is 1. The van der Waals surface area contributed by atoms with Crippen LogP contribution in [0.2, 0.25) is 0 Å². The molecule has 0 spiro atoms. The number of carboxylic acid groups (broad SMARTS) is 1. The van der Waals surface area contributed by atoms with E-state index in [2.05, 4.69) is 21.2 Å². The van der Waals surface area contributed by atoms with Crippen LogP contribution in [0.3, 0.4) is 0 Å². The highest BCUT2D eigenvalue weighted by Crippen LogP contribution is 2.27. The Morgan fingerprint density at radius 3 is 2.55 bits per heavy atom. The molecule has 0 aliphatic heterocycles. The number of carboxylic acids is 1. The number of benzene rings is 1. The second-order valence-corrected chi connectivity index (χ2v) is 5.77. The largest absolute Gasteiger partial charge is 0.496 e. The van der Waals surface area contributed by atoms with Crippen LogP contribution in [0.4, 0.5) is 0 Å². The van der Waals surface area contributed by atoms with Crippen molar-refractivity contribution >= 4 is 21.9 Å². The first-order valence-electron chi connectivity index (χ1n) is 6.75. The van der Waals surface area contributed by atoms with Gasteiger partial charge < -0.3 is 15.2 Å². The lowest BCUT2D eigenvalue weighted by Gasteiger charge is -2.27. The zero-order valence-electron chi connectivity index (χ0n) is 12.2. The Kier molecular flexibility index (Phi) is 6.49. The van der Waals surface area contributed by atoms with Gasteiger partial charge in [0.15, 0.2) is 0 Å². The lowest BCUT2D eigenvalue weighted by molar-refractivity contribution is -0.149. The summed E-state index contributed by atoms with van der Waals surface area (Å²) in [5.74, 6) is 0.0542. The van der Waals surface area contributed by atoms with Crippen molar-refractivity contribution in [2.45, 2.75) is 33.2 Å². The van der Waals surface area contributed by atoms with Gasteiger partial charge in [-0.3, -0.25) is 4.79 Å². The minimum absolute atomic E-state index is 0.453. The van der Waals surface area contributed by atoms with E-state index in [4.69, 9.17) is 4.74 Å². The van der Waals surface area contributed by atoms with E-state index >= 15 is 0 Å². The van der Waals surface area contributed by atoms with Gasteiger partial charge in [-0.2, -0.15) is 0 Å². The summed E-state index contributed by atoms with van der Waals surface area (Å²) in [5, 5.41) is 12.6. The van der Waals surface area contributed by atoms with Crippen molar-refractivity contribution in [3.63, 3.8) is 0 Å². The molecule has 1 aromatic carbocycles. The van der Waals surface area contributed by atoms with Crippen LogP contribution in [0.5, 0.6) is 5.75 Å². The van der Waals surface area contributed by atoms with Crippen LogP contribution in [0.25, 0.3) is 0 Å². The molecule has 0 bridgehead atoms. The maximum absolute atomic E-state index is 11.4. The third kappa shape index (κ3) is 3.96. The van der Waals surface area contributed by atoms with Crippen molar-refractivity contribution < 1.29 is 14.6 Å². The van der Waals surface area contributed by atoms with Gasteiger partial charge in [-0.15, -0.1) is 0 Å². The maximum atomic E-state index is 11.4. The first kappa shape index (κ1) is 17.0. The SMILES string of the molecule is CCC(CC)(CNCc1ccc(Br)cc1OC)C(=O)O. The molecule has 20 heavy (non-hydrogen) atoms. The standard InChI is InChI=1S/C15H22BrNO3/c1-4-15(5-2,14(18)19)10-17-9-11-6-7-12(16)8-13(11)20-3/h6-8,17H,4-5,9-10H2,1-3H3,(H,18,19). The second-order valence-electron chi connectivity index (χ2n) is 4.85. The summed E-state index contributed by atoms with van der Waals surface area (Å²) in [7, 11) is 1.63. The zero-order chi connectivity index (χ0) is 15.2. The van der Waals surface area contributed by atoms with E-state index in [0.29, 0.717) is 25.9 Å². The fourth-order valence-electron chi connectivity index (χ4n) is 2.18. The van der Waals surface area contributed by atoms with Gasteiger partial charge in [0.2, 0.25) is 0 Å². The average molecular weight is 344 g/mol. The van der Waals surface area contributed by atoms with Crippen LogP contribution in [-0.2, 0) is 11.3 Å². The lowest BCUT2D eigenvalue weighted by Crippen LogP contribution is -2.40. The van der Waals surface area contributed by atoms with Crippen LogP contribution >= 0.6 is 15.9 Å². The molecule has 0 amide bonds. The first-order chi connectivity index (χ1) is 9.49. The van der Waals surface area contributed by atoms with Crippen LogP contribution < -0.4 is 10.1 Å². The van der Waals surface area contributed by atoms with E-state index in [1.54, 1.807) is 7.11 Å². The number of aliphatic carboxylic acids is 1. The normalized spacial score (nSPS) is 11.4. The van der Waals surface area contributed by atoms with Gasteiger partial charge in [0.05, 0.1) is 12.5 Å². The van der Waals surface area contributed by atoms with Crippen LogP contribution in [0.15, 0.2) is 22.7 Å². The number of hydrogen-bond acceptors (Lipinski definition) is 3. The summed E-state index contributed by atoms with van der Waals surface area (Å²) < 4.78 is 6.28. The molecule has 0 unspecified atom stereocenters. The minimum Gasteiger partial charge on any atom is -0.496 e. The Morgan fingerprint density at radius 1 is 1.40 bits per heavy atom. The van der Waals surface area contributed by atoms with Crippen molar-refractivity contribution in [1.29, 1.82) is 0 Å². The van der Waals surface area contributed by atoms with E-state index in [9.17, 15) is 9.90 Å². The predicted molar refractivity (Wildman–Crippen MR) is 83.1 cm³/mol. The van der Waals surface area contributed by atoms with Crippen LogP contribution in [0.1, 0.15) is 32.3 Å². The highest BCUT2D eigenvalue weighted by molar-refractivity contribution is 9.10. The molecule has 0 radical (unpaired) electrons. The maximum Gasteiger partial charge on any atom is 0.310 e.